The molecule has 0 bridgehead atoms. The predicted octanol–water partition coefficient (Wildman–Crippen LogP) is 7.87. The van der Waals surface area contributed by atoms with Crippen molar-refractivity contribution in [1.29, 1.82) is 0 Å². The zero-order chi connectivity index (χ0) is 29.6. The van der Waals surface area contributed by atoms with E-state index in [4.69, 9.17) is 9.47 Å². The molecule has 3 aromatic carbocycles. The molecule has 0 amide bonds. The van der Waals surface area contributed by atoms with Crippen LogP contribution >= 0.6 is 0 Å². The highest BCUT2D eigenvalue weighted by atomic mass is 19.2. The Balaban J connectivity index is 1.18. The number of halogens is 4. The zero-order valence-corrected chi connectivity index (χ0v) is 23.5. The second-order valence-electron chi connectivity index (χ2n) is 11.7. The number of methoxy groups -OCH3 is 1. The Bertz CT molecular complexity index is 1560. The van der Waals surface area contributed by atoms with Crippen LogP contribution in [-0.2, 0) is 13.0 Å². The third-order valence-corrected chi connectivity index (χ3v) is 9.58. The lowest BCUT2D eigenvalue weighted by Gasteiger charge is -2.49. The molecule has 0 aromatic heterocycles. The van der Waals surface area contributed by atoms with Gasteiger partial charge in [-0.1, -0.05) is 13.0 Å². The molecule has 1 N–H and O–H groups in total. The average Bonchev–Trinajstić information content (AvgIpc) is 3.32. The van der Waals surface area contributed by atoms with Gasteiger partial charge < -0.3 is 14.6 Å². The molecule has 3 aliphatic rings. The SMILES string of the molecule is COc1ccc(/C=N\N=C2\CC[C@@H]3[C@@H]4CCc5cc(O)ccc5[C@H]4CC[C@]23C)cc1COc1c(F)c(F)cc(F)c1F. The van der Waals surface area contributed by atoms with Gasteiger partial charge in [0, 0.05) is 22.8 Å². The minimum absolute atomic E-state index is 0.0137. The quantitative estimate of drug-likeness (QED) is 0.140. The molecule has 6 rings (SSSR count). The van der Waals surface area contributed by atoms with Gasteiger partial charge in [0.15, 0.2) is 17.4 Å². The minimum atomic E-state index is -1.60. The highest BCUT2D eigenvalue weighted by Crippen LogP contribution is 2.60. The Kier molecular flexibility index (Phi) is 7.45. The third kappa shape index (κ3) is 4.92. The van der Waals surface area contributed by atoms with E-state index in [0.717, 1.165) is 44.2 Å². The molecule has 2 saturated carbocycles. The molecule has 220 valence electrons. The normalized spacial score (nSPS) is 25.8. The summed E-state index contributed by atoms with van der Waals surface area (Å²) >= 11 is 0. The highest BCUT2D eigenvalue weighted by molar-refractivity contribution is 5.93. The number of rotatable bonds is 6. The van der Waals surface area contributed by atoms with Crippen LogP contribution < -0.4 is 9.47 Å². The first-order chi connectivity index (χ1) is 20.2. The Morgan fingerprint density at radius 2 is 1.76 bits per heavy atom. The van der Waals surface area contributed by atoms with Crippen LogP contribution in [0.4, 0.5) is 17.6 Å². The lowest BCUT2D eigenvalue weighted by molar-refractivity contribution is 0.0955. The molecule has 0 spiro atoms. The first kappa shape index (κ1) is 28.2. The van der Waals surface area contributed by atoms with Gasteiger partial charge in [-0.2, -0.15) is 19.0 Å². The molecule has 0 aliphatic heterocycles. The van der Waals surface area contributed by atoms with E-state index in [0.29, 0.717) is 40.4 Å². The van der Waals surface area contributed by atoms with Crippen LogP contribution in [0, 0.1) is 40.5 Å². The fourth-order valence-corrected chi connectivity index (χ4v) is 7.51. The Hall–Kier alpha value is -3.88. The maximum Gasteiger partial charge on any atom is 0.203 e. The van der Waals surface area contributed by atoms with Gasteiger partial charge >= 0.3 is 0 Å². The van der Waals surface area contributed by atoms with Crippen LogP contribution in [0.25, 0.3) is 0 Å². The van der Waals surface area contributed by atoms with Crippen LogP contribution in [0.3, 0.4) is 0 Å². The second-order valence-corrected chi connectivity index (χ2v) is 11.7. The number of nitrogens with zero attached hydrogens (tertiary/aromatic N) is 2. The molecule has 0 radical (unpaired) electrons. The summed E-state index contributed by atoms with van der Waals surface area (Å²) < 4.78 is 65.8. The van der Waals surface area contributed by atoms with E-state index in [2.05, 4.69) is 23.2 Å². The summed E-state index contributed by atoms with van der Waals surface area (Å²) in [5.74, 6) is -5.06. The van der Waals surface area contributed by atoms with E-state index in [1.807, 2.05) is 6.07 Å². The van der Waals surface area contributed by atoms with E-state index >= 15 is 0 Å². The molecule has 3 aromatic rings. The molecule has 0 saturated heterocycles. The summed E-state index contributed by atoms with van der Waals surface area (Å²) in [5.41, 5.74) is 4.83. The van der Waals surface area contributed by atoms with Crippen molar-refractivity contribution in [1.82, 2.24) is 0 Å². The van der Waals surface area contributed by atoms with Gasteiger partial charge in [-0.3, -0.25) is 0 Å². The number of fused-ring (bicyclic) bond motifs is 5. The Labute approximate surface area is 241 Å². The monoisotopic (exact) mass is 580 g/mol. The van der Waals surface area contributed by atoms with Gasteiger partial charge in [0.05, 0.1) is 13.3 Å². The number of benzene rings is 3. The predicted molar refractivity (Wildman–Crippen MR) is 151 cm³/mol. The summed E-state index contributed by atoms with van der Waals surface area (Å²) in [6.45, 7) is 1.93. The second kappa shape index (κ2) is 11.1. The third-order valence-electron chi connectivity index (χ3n) is 9.58. The van der Waals surface area contributed by atoms with Gasteiger partial charge in [0.2, 0.25) is 11.6 Å². The van der Waals surface area contributed by atoms with E-state index in [1.54, 1.807) is 30.5 Å². The molecular formula is C33H32F4N2O3. The first-order valence-corrected chi connectivity index (χ1v) is 14.2. The summed E-state index contributed by atoms with van der Waals surface area (Å²) in [5, 5.41) is 19.0. The first-order valence-electron chi connectivity index (χ1n) is 14.2. The molecular weight excluding hydrogens is 548 g/mol. The summed E-state index contributed by atoms with van der Waals surface area (Å²) in [7, 11) is 1.43. The van der Waals surface area contributed by atoms with Crippen molar-refractivity contribution in [2.45, 2.75) is 58.0 Å². The number of phenolic OH excluding ortho intramolecular Hbond substituents is 1. The molecule has 4 atom stereocenters. The van der Waals surface area contributed by atoms with Crippen molar-refractivity contribution in [3.63, 3.8) is 0 Å². The number of phenols is 1. The number of aryl methyl sites for hydroxylation is 1. The fraction of sp³-hybridized carbons (Fsp3) is 0.394. The Morgan fingerprint density at radius 3 is 2.52 bits per heavy atom. The number of aromatic hydroxyl groups is 1. The van der Waals surface area contributed by atoms with E-state index in [1.165, 1.54) is 18.2 Å². The maximum absolute atomic E-state index is 14.1. The molecule has 5 nitrogen and oxygen atoms in total. The standard InChI is InChI=1S/C33H32F4N2O3/c1-33-12-11-23-22-7-5-21(40)14-19(22)4-6-24(23)25(33)8-10-29(33)39-38-16-18-3-9-28(41-2)20(13-18)17-42-32-30(36)26(34)15-27(35)31(32)37/h3,5,7,9,13-16,23-25,40H,4,6,8,10-12,17H2,1-2H3/b38-16-,39-29-/t23-,24-,25-,33+/m1/s1. The number of hydrogen-bond donors (Lipinski definition) is 1. The van der Waals surface area contributed by atoms with Gasteiger partial charge in [-0.25, -0.2) is 8.78 Å². The molecule has 9 heteroatoms. The number of hydrogen-bond acceptors (Lipinski definition) is 5. The highest BCUT2D eigenvalue weighted by Gasteiger charge is 2.53. The van der Waals surface area contributed by atoms with Crippen LogP contribution in [0.2, 0.25) is 0 Å². The molecule has 0 unspecified atom stereocenters. The minimum Gasteiger partial charge on any atom is -0.508 e. The lowest BCUT2D eigenvalue weighted by atomic mass is 9.55. The average molecular weight is 581 g/mol. The van der Waals surface area contributed by atoms with Crippen molar-refractivity contribution in [2.75, 3.05) is 7.11 Å². The van der Waals surface area contributed by atoms with Crippen molar-refractivity contribution >= 4 is 11.9 Å². The summed E-state index contributed by atoms with van der Waals surface area (Å²) in [6.07, 6.45) is 7.79. The van der Waals surface area contributed by atoms with Gasteiger partial charge in [-0.15, -0.1) is 0 Å². The molecule has 2 fully saturated rings. The molecule has 42 heavy (non-hydrogen) atoms. The van der Waals surface area contributed by atoms with Crippen molar-refractivity contribution in [3.05, 3.63) is 88.0 Å². The molecule has 0 heterocycles. The van der Waals surface area contributed by atoms with Crippen molar-refractivity contribution in [2.24, 2.45) is 27.5 Å². The van der Waals surface area contributed by atoms with E-state index < -0.39 is 29.0 Å². The maximum atomic E-state index is 14.1. The van der Waals surface area contributed by atoms with Crippen LogP contribution in [0.15, 0.2) is 52.7 Å². The Morgan fingerprint density at radius 1 is 0.976 bits per heavy atom. The molecule has 3 aliphatic carbocycles. The van der Waals surface area contributed by atoms with Gasteiger partial charge in [0.1, 0.15) is 18.1 Å². The van der Waals surface area contributed by atoms with Crippen molar-refractivity contribution < 1.29 is 32.1 Å². The largest absolute Gasteiger partial charge is 0.508 e. The summed E-state index contributed by atoms with van der Waals surface area (Å²) in [4.78, 5) is 0. The van der Waals surface area contributed by atoms with Crippen molar-refractivity contribution in [3.8, 4) is 17.2 Å². The smallest absolute Gasteiger partial charge is 0.203 e. The van der Waals surface area contributed by atoms with E-state index in [9.17, 15) is 22.7 Å². The fourth-order valence-electron chi connectivity index (χ4n) is 7.51. The topological polar surface area (TPSA) is 63.4 Å². The zero-order valence-electron chi connectivity index (χ0n) is 23.5. The van der Waals surface area contributed by atoms with Crippen LogP contribution in [0.1, 0.15) is 67.2 Å². The summed E-state index contributed by atoms with van der Waals surface area (Å²) in [6, 6.07) is 11.0. The van der Waals surface area contributed by atoms with Gasteiger partial charge in [0.25, 0.3) is 0 Å². The lowest BCUT2D eigenvalue weighted by Crippen LogP contribution is -2.42. The van der Waals surface area contributed by atoms with Crippen LogP contribution in [-0.4, -0.2) is 24.1 Å². The van der Waals surface area contributed by atoms with Crippen LogP contribution in [0.5, 0.6) is 17.2 Å². The van der Waals surface area contributed by atoms with Gasteiger partial charge in [-0.05, 0) is 103 Å². The number of ether oxygens (including phenoxy) is 2. The van der Waals surface area contributed by atoms with E-state index in [-0.39, 0.29) is 18.1 Å².